The summed E-state index contributed by atoms with van der Waals surface area (Å²) >= 11 is 0. The maximum atomic E-state index is 10.6. The van der Waals surface area contributed by atoms with E-state index in [1.54, 1.807) is 6.92 Å². The molecular formula is C7H15NO3. The van der Waals surface area contributed by atoms with Gasteiger partial charge in [0.05, 0.1) is 5.41 Å². The van der Waals surface area contributed by atoms with E-state index in [-0.39, 0.29) is 13.2 Å². The van der Waals surface area contributed by atoms with Crippen LogP contribution in [0.5, 0.6) is 0 Å². The minimum atomic E-state index is -0.895. The van der Waals surface area contributed by atoms with E-state index >= 15 is 0 Å². The Morgan fingerprint density at radius 2 is 2.18 bits per heavy atom. The summed E-state index contributed by atoms with van der Waals surface area (Å²) < 4.78 is 0. The summed E-state index contributed by atoms with van der Waals surface area (Å²) in [6.45, 7) is 1.72. The summed E-state index contributed by atoms with van der Waals surface area (Å²) in [5.74, 6) is -0.895. The second-order valence-electron chi connectivity index (χ2n) is 2.90. The van der Waals surface area contributed by atoms with Crippen molar-refractivity contribution in [2.75, 3.05) is 13.2 Å². The molecule has 4 N–H and O–H groups in total. The van der Waals surface area contributed by atoms with Crippen molar-refractivity contribution in [3.05, 3.63) is 0 Å². The smallest absolute Gasteiger partial charge is 0.310 e. The molecule has 0 aliphatic carbocycles. The number of rotatable bonds is 5. The highest BCUT2D eigenvalue weighted by Crippen LogP contribution is 2.21. The molecule has 0 fully saturated rings. The summed E-state index contributed by atoms with van der Waals surface area (Å²) in [5, 5.41) is 17.2. The first-order chi connectivity index (χ1) is 5.06. The first kappa shape index (κ1) is 10.4. The normalized spacial score (nSPS) is 15.9. The highest BCUT2D eigenvalue weighted by Gasteiger charge is 2.30. The van der Waals surface area contributed by atoms with Crippen LogP contribution in [-0.2, 0) is 4.79 Å². The lowest BCUT2D eigenvalue weighted by molar-refractivity contribution is -0.147. The van der Waals surface area contributed by atoms with E-state index in [0.717, 1.165) is 0 Å². The van der Waals surface area contributed by atoms with Gasteiger partial charge in [-0.1, -0.05) is 0 Å². The summed E-state index contributed by atoms with van der Waals surface area (Å²) in [7, 11) is 0. The molecule has 4 heteroatoms. The lowest BCUT2D eigenvalue weighted by Crippen LogP contribution is -2.35. The van der Waals surface area contributed by atoms with Crippen LogP contribution in [0.15, 0.2) is 0 Å². The molecule has 0 aliphatic heterocycles. The molecule has 0 aromatic carbocycles. The molecule has 0 heterocycles. The third kappa shape index (κ3) is 2.86. The number of carbonyl (C=O) groups is 1. The number of nitrogens with two attached hydrogens (primary N) is 1. The molecule has 1 atom stereocenters. The van der Waals surface area contributed by atoms with Crippen LogP contribution in [-0.4, -0.2) is 29.3 Å². The van der Waals surface area contributed by atoms with Gasteiger partial charge in [-0.25, -0.2) is 0 Å². The van der Waals surface area contributed by atoms with Crippen LogP contribution in [0.1, 0.15) is 19.8 Å². The highest BCUT2D eigenvalue weighted by atomic mass is 16.4. The molecule has 0 bridgehead atoms. The average molecular weight is 161 g/mol. The number of aliphatic hydroxyl groups excluding tert-OH is 1. The fraction of sp³-hybridized carbons (Fsp3) is 0.857. The van der Waals surface area contributed by atoms with Crippen LogP contribution < -0.4 is 5.73 Å². The van der Waals surface area contributed by atoms with Gasteiger partial charge in [-0.2, -0.15) is 0 Å². The van der Waals surface area contributed by atoms with Crippen molar-refractivity contribution in [2.24, 2.45) is 11.1 Å². The molecule has 0 radical (unpaired) electrons. The molecule has 0 aliphatic rings. The Labute approximate surface area is 66.0 Å². The second kappa shape index (κ2) is 4.31. The molecule has 11 heavy (non-hydrogen) atoms. The van der Waals surface area contributed by atoms with Gasteiger partial charge in [0.2, 0.25) is 0 Å². The summed E-state index contributed by atoms with van der Waals surface area (Å²) in [5.41, 5.74) is 4.41. The number of aliphatic carboxylic acids is 1. The molecule has 0 spiro atoms. The third-order valence-corrected chi connectivity index (χ3v) is 1.85. The highest BCUT2D eigenvalue weighted by molar-refractivity contribution is 5.74. The number of hydrogen-bond acceptors (Lipinski definition) is 3. The van der Waals surface area contributed by atoms with Crippen LogP contribution in [0.2, 0.25) is 0 Å². The van der Waals surface area contributed by atoms with Gasteiger partial charge in [0, 0.05) is 13.2 Å². The zero-order chi connectivity index (χ0) is 8.91. The van der Waals surface area contributed by atoms with Crippen LogP contribution >= 0.6 is 0 Å². The standard InChI is InChI=1S/C7H15NO3/c1-7(5-8,6(10)11)3-2-4-9/h9H,2-5,8H2,1H3,(H,10,11). The van der Waals surface area contributed by atoms with Gasteiger partial charge in [0.25, 0.3) is 0 Å². The maximum absolute atomic E-state index is 10.6. The number of aliphatic hydroxyl groups is 1. The first-order valence-corrected chi connectivity index (χ1v) is 3.61. The quantitative estimate of drug-likeness (QED) is 0.521. The van der Waals surface area contributed by atoms with Crippen molar-refractivity contribution in [1.29, 1.82) is 0 Å². The van der Waals surface area contributed by atoms with E-state index in [2.05, 4.69) is 0 Å². The second-order valence-corrected chi connectivity index (χ2v) is 2.90. The van der Waals surface area contributed by atoms with E-state index in [1.807, 2.05) is 0 Å². The van der Waals surface area contributed by atoms with Crippen LogP contribution in [0.25, 0.3) is 0 Å². The topological polar surface area (TPSA) is 83.5 Å². The molecule has 0 saturated carbocycles. The molecule has 66 valence electrons. The van der Waals surface area contributed by atoms with E-state index in [0.29, 0.717) is 12.8 Å². The maximum Gasteiger partial charge on any atom is 0.310 e. The SMILES string of the molecule is CC(CN)(CCCO)C(=O)O. The predicted octanol–water partition coefficient (Wildman–Crippen LogP) is -0.192. The fourth-order valence-corrected chi connectivity index (χ4v) is 0.766. The molecular weight excluding hydrogens is 146 g/mol. The van der Waals surface area contributed by atoms with Crippen LogP contribution in [0, 0.1) is 5.41 Å². The molecule has 0 rings (SSSR count). The molecule has 0 aromatic rings. The lowest BCUT2D eigenvalue weighted by atomic mass is 9.86. The largest absolute Gasteiger partial charge is 0.481 e. The average Bonchev–Trinajstić information content (AvgIpc) is 2.00. The Kier molecular flexibility index (Phi) is 4.07. The van der Waals surface area contributed by atoms with Crippen molar-refractivity contribution in [1.82, 2.24) is 0 Å². The van der Waals surface area contributed by atoms with Crippen molar-refractivity contribution in [2.45, 2.75) is 19.8 Å². The van der Waals surface area contributed by atoms with Crippen molar-refractivity contribution < 1.29 is 15.0 Å². The van der Waals surface area contributed by atoms with Crippen LogP contribution in [0.4, 0.5) is 0 Å². The molecule has 1 unspecified atom stereocenters. The van der Waals surface area contributed by atoms with Crippen molar-refractivity contribution >= 4 is 5.97 Å². The Morgan fingerprint density at radius 3 is 2.45 bits per heavy atom. The van der Waals surface area contributed by atoms with Gasteiger partial charge >= 0.3 is 5.97 Å². The predicted molar refractivity (Wildman–Crippen MR) is 41.1 cm³/mol. The first-order valence-electron chi connectivity index (χ1n) is 3.61. The Morgan fingerprint density at radius 1 is 1.64 bits per heavy atom. The van der Waals surface area contributed by atoms with Crippen LogP contribution in [0.3, 0.4) is 0 Å². The number of carboxylic acids is 1. The Hall–Kier alpha value is -0.610. The molecule has 0 saturated heterocycles. The fourth-order valence-electron chi connectivity index (χ4n) is 0.766. The Bertz CT molecular complexity index is 138. The van der Waals surface area contributed by atoms with Crippen molar-refractivity contribution in [3.8, 4) is 0 Å². The molecule has 0 amide bonds. The number of hydrogen-bond donors (Lipinski definition) is 3. The minimum absolute atomic E-state index is 0.0167. The number of carboxylic acid groups (broad SMARTS) is 1. The van der Waals surface area contributed by atoms with Crippen molar-refractivity contribution in [3.63, 3.8) is 0 Å². The van der Waals surface area contributed by atoms with Gasteiger partial charge in [0.1, 0.15) is 0 Å². The van der Waals surface area contributed by atoms with Gasteiger partial charge in [-0.3, -0.25) is 4.79 Å². The zero-order valence-corrected chi connectivity index (χ0v) is 6.71. The van der Waals surface area contributed by atoms with E-state index in [1.165, 1.54) is 0 Å². The third-order valence-electron chi connectivity index (χ3n) is 1.85. The van der Waals surface area contributed by atoms with Gasteiger partial charge < -0.3 is 15.9 Å². The van der Waals surface area contributed by atoms with Gasteiger partial charge in [-0.15, -0.1) is 0 Å². The zero-order valence-electron chi connectivity index (χ0n) is 6.71. The van der Waals surface area contributed by atoms with E-state index < -0.39 is 11.4 Å². The lowest BCUT2D eigenvalue weighted by Gasteiger charge is -2.21. The molecule has 4 nitrogen and oxygen atoms in total. The monoisotopic (exact) mass is 161 g/mol. The van der Waals surface area contributed by atoms with E-state index in [9.17, 15) is 4.79 Å². The summed E-state index contributed by atoms with van der Waals surface area (Å²) in [4.78, 5) is 10.6. The molecule has 0 aromatic heterocycles. The van der Waals surface area contributed by atoms with E-state index in [4.69, 9.17) is 15.9 Å². The summed E-state index contributed by atoms with van der Waals surface area (Å²) in [6, 6.07) is 0. The van der Waals surface area contributed by atoms with Gasteiger partial charge in [-0.05, 0) is 19.8 Å². The van der Waals surface area contributed by atoms with Gasteiger partial charge in [0.15, 0.2) is 0 Å². The minimum Gasteiger partial charge on any atom is -0.481 e. The summed E-state index contributed by atoms with van der Waals surface area (Å²) in [6.07, 6.45) is 0.912. The Balaban J connectivity index is 3.99.